The monoisotopic (exact) mass is 306 g/mol. The Morgan fingerprint density at radius 1 is 0.818 bits per heavy atom. The molecule has 4 heterocycles. The quantitative estimate of drug-likeness (QED) is 0.839. The number of hydrogen-bond acceptors (Lipinski definition) is 4. The fourth-order valence-corrected chi connectivity index (χ4v) is 4.78. The van der Waals surface area contributed by atoms with Crippen LogP contribution in [0.15, 0.2) is 0 Å². The predicted molar refractivity (Wildman–Crippen MR) is 91.2 cm³/mol. The summed E-state index contributed by atoms with van der Waals surface area (Å²) in [7, 11) is 0. The van der Waals surface area contributed by atoms with Gasteiger partial charge in [0.15, 0.2) is 0 Å². The smallest absolute Gasteiger partial charge is 0.0345 e. The maximum atomic E-state index is 3.39. The van der Waals surface area contributed by atoms with E-state index < -0.39 is 0 Å². The molecule has 0 unspecified atom stereocenters. The van der Waals surface area contributed by atoms with Crippen LogP contribution in [0.25, 0.3) is 0 Å². The molecule has 4 saturated heterocycles. The summed E-state index contributed by atoms with van der Waals surface area (Å²) in [5.41, 5.74) is 0. The van der Waals surface area contributed by atoms with Gasteiger partial charge in [-0.15, -0.1) is 0 Å². The Kier molecular flexibility index (Phi) is 4.72. The van der Waals surface area contributed by atoms with Gasteiger partial charge in [-0.3, -0.25) is 4.90 Å². The lowest BCUT2D eigenvalue weighted by Gasteiger charge is -2.50. The summed E-state index contributed by atoms with van der Waals surface area (Å²) in [6, 6.07) is 1.76. The summed E-state index contributed by atoms with van der Waals surface area (Å²) in [5.74, 6) is 1.91. The molecule has 0 aromatic heterocycles. The normalized spacial score (nSPS) is 32.0. The van der Waals surface area contributed by atoms with Crippen LogP contribution in [0.3, 0.4) is 0 Å². The van der Waals surface area contributed by atoms with Crippen molar-refractivity contribution in [1.82, 2.24) is 20.0 Å². The molecule has 4 aliphatic rings. The van der Waals surface area contributed by atoms with Gasteiger partial charge in [0.05, 0.1) is 0 Å². The number of nitrogens with one attached hydrogen (secondary N) is 1. The summed E-state index contributed by atoms with van der Waals surface area (Å²) in [6.45, 7) is 14.4. The molecule has 4 aliphatic heterocycles. The molecule has 0 aromatic carbocycles. The first-order valence-corrected chi connectivity index (χ1v) is 9.69. The largest absolute Gasteiger partial charge is 0.314 e. The van der Waals surface area contributed by atoms with Crippen molar-refractivity contribution in [1.29, 1.82) is 0 Å². The predicted octanol–water partition coefficient (Wildman–Crippen LogP) is 1.09. The Morgan fingerprint density at radius 3 is 2.09 bits per heavy atom. The summed E-state index contributed by atoms with van der Waals surface area (Å²) < 4.78 is 0. The average Bonchev–Trinajstić information content (AvgIpc) is 2.45. The van der Waals surface area contributed by atoms with Crippen LogP contribution in [0, 0.1) is 11.8 Å². The molecule has 4 rings (SSSR count). The summed E-state index contributed by atoms with van der Waals surface area (Å²) in [4.78, 5) is 8.24. The molecule has 0 aliphatic carbocycles. The zero-order valence-electron chi connectivity index (χ0n) is 14.3. The molecule has 0 atom stereocenters. The number of hydrogen-bond donors (Lipinski definition) is 1. The Labute approximate surface area is 136 Å². The topological polar surface area (TPSA) is 21.8 Å². The highest BCUT2D eigenvalue weighted by atomic mass is 15.3. The Hall–Kier alpha value is -0.160. The average molecular weight is 306 g/mol. The maximum Gasteiger partial charge on any atom is 0.0345 e. The fourth-order valence-electron chi connectivity index (χ4n) is 4.78. The van der Waals surface area contributed by atoms with Gasteiger partial charge < -0.3 is 15.1 Å². The highest BCUT2D eigenvalue weighted by Gasteiger charge is 2.36. The summed E-state index contributed by atoms with van der Waals surface area (Å²) >= 11 is 0. The molecule has 0 spiro atoms. The zero-order valence-corrected chi connectivity index (χ0v) is 14.3. The van der Waals surface area contributed by atoms with Crippen LogP contribution in [0.2, 0.25) is 0 Å². The Balaban J connectivity index is 1.14. The maximum absolute atomic E-state index is 3.39. The van der Waals surface area contributed by atoms with E-state index in [1.807, 2.05) is 0 Å². The second-order valence-corrected chi connectivity index (χ2v) is 8.38. The van der Waals surface area contributed by atoms with E-state index in [0.717, 1.165) is 23.9 Å². The van der Waals surface area contributed by atoms with Gasteiger partial charge in [0.2, 0.25) is 0 Å². The standard InChI is InChI=1S/C18H34N4/c1-15-2-8-21(9-3-15)17-4-6-20(7-5-17)12-16-13-22(14-16)18-10-19-11-18/h15-19H,2-14H2,1H3. The molecule has 4 nitrogen and oxygen atoms in total. The highest BCUT2D eigenvalue weighted by Crippen LogP contribution is 2.26. The number of rotatable bonds is 4. The Morgan fingerprint density at radius 2 is 1.50 bits per heavy atom. The molecule has 0 aromatic rings. The van der Waals surface area contributed by atoms with Crippen molar-refractivity contribution in [2.45, 2.75) is 44.7 Å². The molecular formula is C18H34N4. The third-order valence-electron chi connectivity index (χ3n) is 6.67. The third-order valence-corrected chi connectivity index (χ3v) is 6.67. The van der Waals surface area contributed by atoms with Gasteiger partial charge in [0, 0.05) is 44.8 Å². The van der Waals surface area contributed by atoms with Crippen molar-refractivity contribution >= 4 is 0 Å². The molecule has 0 amide bonds. The van der Waals surface area contributed by atoms with Crippen LogP contribution in [0.5, 0.6) is 0 Å². The molecule has 22 heavy (non-hydrogen) atoms. The Bertz CT molecular complexity index is 348. The van der Waals surface area contributed by atoms with Gasteiger partial charge in [-0.25, -0.2) is 0 Å². The van der Waals surface area contributed by atoms with Gasteiger partial charge in [-0.2, -0.15) is 0 Å². The molecular weight excluding hydrogens is 272 g/mol. The van der Waals surface area contributed by atoms with Gasteiger partial charge in [0.1, 0.15) is 0 Å². The lowest BCUT2D eigenvalue weighted by atomic mass is 9.92. The van der Waals surface area contributed by atoms with Crippen LogP contribution in [0.1, 0.15) is 32.6 Å². The minimum Gasteiger partial charge on any atom is -0.314 e. The van der Waals surface area contributed by atoms with E-state index >= 15 is 0 Å². The van der Waals surface area contributed by atoms with Crippen molar-refractivity contribution in [2.24, 2.45) is 11.8 Å². The van der Waals surface area contributed by atoms with Crippen LogP contribution in [-0.2, 0) is 0 Å². The molecule has 1 N–H and O–H groups in total. The van der Waals surface area contributed by atoms with Crippen molar-refractivity contribution in [3.63, 3.8) is 0 Å². The molecule has 0 bridgehead atoms. The third kappa shape index (κ3) is 3.35. The lowest BCUT2D eigenvalue weighted by molar-refractivity contribution is 0.00159. The fraction of sp³-hybridized carbons (Fsp3) is 1.00. The number of piperidine rings is 2. The van der Waals surface area contributed by atoms with Gasteiger partial charge in [0.25, 0.3) is 0 Å². The minimum atomic E-state index is 0.864. The van der Waals surface area contributed by atoms with Crippen molar-refractivity contribution in [2.75, 3.05) is 58.9 Å². The van der Waals surface area contributed by atoms with E-state index in [1.165, 1.54) is 84.6 Å². The van der Waals surface area contributed by atoms with E-state index in [9.17, 15) is 0 Å². The van der Waals surface area contributed by atoms with Crippen LogP contribution < -0.4 is 5.32 Å². The number of likely N-dealkylation sites (tertiary alicyclic amines) is 3. The lowest BCUT2D eigenvalue weighted by Crippen LogP contribution is -2.65. The van der Waals surface area contributed by atoms with E-state index in [-0.39, 0.29) is 0 Å². The van der Waals surface area contributed by atoms with Gasteiger partial charge in [-0.1, -0.05) is 6.92 Å². The van der Waals surface area contributed by atoms with Crippen molar-refractivity contribution in [3.8, 4) is 0 Å². The second-order valence-electron chi connectivity index (χ2n) is 8.38. The van der Waals surface area contributed by atoms with Crippen LogP contribution >= 0.6 is 0 Å². The molecule has 0 saturated carbocycles. The molecule has 4 heteroatoms. The van der Waals surface area contributed by atoms with Crippen molar-refractivity contribution < 1.29 is 0 Å². The summed E-state index contributed by atoms with van der Waals surface area (Å²) in [5, 5.41) is 3.39. The first-order valence-electron chi connectivity index (χ1n) is 9.69. The SMILES string of the molecule is CC1CCN(C2CCN(CC3CN(C4CNC4)C3)CC2)CC1. The molecule has 0 radical (unpaired) electrons. The van der Waals surface area contributed by atoms with Gasteiger partial charge in [-0.05, 0) is 63.7 Å². The second kappa shape index (κ2) is 6.76. The van der Waals surface area contributed by atoms with E-state index in [2.05, 4.69) is 26.9 Å². The first kappa shape index (κ1) is 15.4. The first-order chi connectivity index (χ1) is 10.8. The molecule has 126 valence electrons. The van der Waals surface area contributed by atoms with Crippen molar-refractivity contribution in [3.05, 3.63) is 0 Å². The van der Waals surface area contributed by atoms with E-state index in [0.29, 0.717) is 0 Å². The van der Waals surface area contributed by atoms with E-state index in [1.54, 1.807) is 0 Å². The van der Waals surface area contributed by atoms with Crippen LogP contribution in [0.4, 0.5) is 0 Å². The van der Waals surface area contributed by atoms with E-state index in [4.69, 9.17) is 0 Å². The molecule has 4 fully saturated rings. The number of nitrogens with zero attached hydrogens (tertiary/aromatic N) is 3. The van der Waals surface area contributed by atoms with Gasteiger partial charge >= 0.3 is 0 Å². The minimum absolute atomic E-state index is 0.864. The summed E-state index contributed by atoms with van der Waals surface area (Å²) in [6.07, 6.45) is 5.68. The highest BCUT2D eigenvalue weighted by molar-refractivity contribution is 4.93. The van der Waals surface area contributed by atoms with Crippen LogP contribution in [-0.4, -0.2) is 85.7 Å². The zero-order chi connectivity index (χ0) is 14.9.